The van der Waals surface area contributed by atoms with Crippen LogP contribution in [-0.4, -0.2) is 22.0 Å². The molecule has 0 unspecified atom stereocenters. The second kappa shape index (κ2) is 7.97. The van der Waals surface area contributed by atoms with E-state index in [0.29, 0.717) is 5.56 Å². The molecule has 0 saturated carbocycles. The zero-order chi connectivity index (χ0) is 18.4. The van der Waals surface area contributed by atoms with E-state index in [0.717, 1.165) is 0 Å². The van der Waals surface area contributed by atoms with Crippen molar-refractivity contribution < 1.29 is 14.6 Å². The number of nitro benzene ring substituents is 2. The Bertz CT molecular complexity index is 869. The summed E-state index contributed by atoms with van der Waals surface area (Å²) in [6.45, 7) is 0. The minimum Gasteiger partial charge on any atom is -0.273 e. The number of nitrogens with zero attached hydrogens (tertiary/aromatic N) is 3. The van der Waals surface area contributed by atoms with Crippen LogP contribution in [0.4, 0.5) is 11.4 Å². The SMILES string of the molecule is O=C(Cc1ccccc1[N+](=O)[O-])N/N=C/c1ccc(Cl)c([N+](=O)[O-])c1. The zero-order valence-corrected chi connectivity index (χ0v) is 13.3. The number of para-hydroxylation sites is 1. The zero-order valence-electron chi connectivity index (χ0n) is 12.6. The highest BCUT2D eigenvalue weighted by molar-refractivity contribution is 6.32. The van der Waals surface area contributed by atoms with Gasteiger partial charge in [0.25, 0.3) is 11.4 Å². The summed E-state index contributed by atoms with van der Waals surface area (Å²) in [4.78, 5) is 32.3. The van der Waals surface area contributed by atoms with E-state index in [4.69, 9.17) is 11.6 Å². The minimum absolute atomic E-state index is 0.0115. The van der Waals surface area contributed by atoms with Crippen LogP contribution in [-0.2, 0) is 11.2 Å². The summed E-state index contributed by atoms with van der Waals surface area (Å²) in [5.74, 6) is -0.561. The van der Waals surface area contributed by atoms with Crippen molar-refractivity contribution in [1.29, 1.82) is 0 Å². The lowest BCUT2D eigenvalue weighted by atomic mass is 10.1. The molecule has 0 spiro atoms. The summed E-state index contributed by atoms with van der Waals surface area (Å²) in [6.07, 6.45) is 0.982. The van der Waals surface area contributed by atoms with Crippen LogP contribution < -0.4 is 5.43 Å². The van der Waals surface area contributed by atoms with Crippen molar-refractivity contribution in [3.63, 3.8) is 0 Å². The van der Waals surface area contributed by atoms with Gasteiger partial charge in [-0.1, -0.05) is 35.9 Å². The van der Waals surface area contributed by atoms with Gasteiger partial charge in [0.15, 0.2) is 0 Å². The summed E-state index contributed by atoms with van der Waals surface area (Å²) < 4.78 is 0. The third-order valence-corrected chi connectivity index (χ3v) is 3.43. The highest BCUT2D eigenvalue weighted by atomic mass is 35.5. The first-order valence-corrected chi connectivity index (χ1v) is 7.24. The van der Waals surface area contributed by atoms with Crippen molar-refractivity contribution in [3.8, 4) is 0 Å². The standard InChI is InChI=1S/C15H11ClN4O5/c16-12-6-5-10(7-14(12)20(24)25)9-17-18-15(21)8-11-3-1-2-4-13(11)19(22)23/h1-7,9H,8H2,(H,18,21)/b17-9+. The molecule has 128 valence electrons. The number of carbonyl (C=O) groups excluding carboxylic acids is 1. The number of hydrogen-bond acceptors (Lipinski definition) is 6. The molecule has 2 rings (SSSR count). The molecule has 9 nitrogen and oxygen atoms in total. The third kappa shape index (κ3) is 4.82. The maximum atomic E-state index is 11.8. The van der Waals surface area contributed by atoms with Crippen LogP contribution in [0.5, 0.6) is 0 Å². The fourth-order valence-electron chi connectivity index (χ4n) is 1.98. The van der Waals surface area contributed by atoms with Crippen molar-refractivity contribution in [3.05, 3.63) is 78.8 Å². The molecule has 10 heteroatoms. The quantitative estimate of drug-likeness (QED) is 0.480. The van der Waals surface area contributed by atoms with Crippen molar-refractivity contribution in [2.45, 2.75) is 6.42 Å². The van der Waals surface area contributed by atoms with Gasteiger partial charge in [-0.15, -0.1) is 0 Å². The molecule has 0 radical (unpaired) electrons. The Hall–Kier alpha value is -3.33. The van der Waals surface area contributed by atoms with Crippen LogP contribution in [0.15, 0.2) is 47.6 Å². The van der Waals surface area contributed by atoms with Crippen molar-refractivity contribution >= 4 is 35.1 Å². The first-order chi connectivity index (χ1) is 11.9. The van der Waals surface area contributed by atoms with Gasteiger partial charge in [0.2, 0.25) is 5.91 Å². The van der Waals surface area contributed by atoms with Crippen LogP contribution in [0.1, 0.15) is 11.1 Å². The largest absolute Gasteiger partial charge is 0.288 e. The highest BCUT2D eigenvalue weighted by Crippen LogP contribution is 2.24. The smallest absolute Gasteiger partial charge is 0.273 e. The van der Waals surface area contributed by atoms with E-state index in [2.05, 4.69) is 10.5 Å². The molecular formula is C15H11ClN4O5. The fourth-order valence-corrected chi connectivity index (χ4v) is 2.17. The number of carbonyl (C=O) groups is 1. The number of hydrogen-bond donors (Lipinski definition) is 1. The molecule has 0 heterocycles. The van der Waals surface area contributed by atoms with Gasteiger partial charge in [-0.2, -0.15) is 5.10 Å². The molecule has 0 fully saturated rings. The number of amides is 1. The van der Waals surface area contributed by atoms with E-state index in [1.165, 1.54) is 42.6 Å². The van der Waals surface area contributed by atoms with Crippen LogP contribution in [0.3, 0.4) is 0 Å². The predicted octanol–water partition coefficient (Wildman–Crippen LogP) is 2.85. The van der Waals surface area contributed by atoms with E-state index in [9.17, 15) is 25.0 Å². The maximum Gasteiger partial charge on any atom is 0.288 e. The van der Waals surface area contributed by atoms with Crippen LogP contribution >= 0.6 is 11.6 Å². The van der Waals surface area contributed by atoms with E-state index in [-0.39, 0.29) is 28.4 Å². The Balaban J connectivity index is 2.03. The lowest BCUT2D eigenvalue weighted by Gasteiger charge is -2.02. The van der Waals surface area contributed by atoms with Gasteiger partial charge in [0.1, 0.15) is 5.02 Å². The van der Waals surface area contributed by atoms with Crippen LogP contribution in [0.25, 0.3) is 0 Å². The average molecular weight is 363 g/mol. The summed E-state index contributed by atoms with van der Waals surface area (Å²) >= 11 is 5.70. The van der Waals surface area contributed by atoms with Crippen molar-refractivity contribution in [2.75, 3.05) is 0 Å². The Morgan fingerprint density at radius 2 is 1.80 bits per heavy atom. The van der Waals surface area contributed by atoms with Gasteiger partial charge in [-0.25, -0.2) is 5.43 Å². The molecule has 2 aromatic carbocycles. The minimum atomic E-state index is -0.632. The molecule has 0 atom stereocenters. The van der Waals surface area contributed by atoms with E-state index in [1.54, 1.807) is 6.07 Å². The number of benzene rings is 2. The number of halogens is 1. The molecule has 0 aliphatic rings. The number of nitrogens with one attached hydrogen (secondary N) is 1. The van der Waals surface area contributed by atoms with Gasteiger partial charge in [-0.05, 0) is 6.07 Å². The second-order valence-electron chi connectivity index (χ2n) is 4.82. The molecule has 1 N–H and O–H groups in total. The summed E-state index contributed by atoms with van der Waals surface area (Å²) in [7, 11) is 0. The molecule has 2 aromatic rings. The molecule has 0 bridgehead atoms. The third-order valence-electron chi connectivity index (χ3n) is 3.11. The lowest BCUT2D eigenvalue weighted by molar-refractivity contribution is -0.385. The summed E-state index contributed by atoms with van der Waals surface area (Å²) in [5, 5.41) is 25.4. The average Bonchev–Trinajstić information content (AvgIpc) is 2.56. The monoisotopic (exact) mass is 362 g/mol. The lowest BCUT2D eigenvalue weighted by Crippen LogP contribution is -2.20. The molecule has 0 aromatic heterocycles. The van der Waals surface area contributed by atoms with Gasteiger partial charge >= 0.3 is 0 Å². The predicted molar refractivity (Wildman–Crippen MR) is 90.6 cm³/mol. The highest BCUT2D eigenvalue weighted by Gasteiger charge is 2.15. The number of hydrazone groups is 1. The van der Waals surface area contributed by atoms with Gasteiger partial charge in [0.05, 0.1) is 22.5 Å². The van der Waals surface area contributed by atoms with Crippen molar-refractivity contribution in [1.82, 2.24) is 5.43 Å². The molecule has 0 aliphatic heterocycles. The maximum absolute atomic E-state index is 11.8. The normalized spacial score (nSPS) is 10.6. The summed E-state index contributed by atoms with van der Waals surface area (Å²) in [6, 6.07) is 9.92. The van der Waals surface area contributed by atoms with Gasteiger partial charge in [-0.3, -0.25) is 25.0 Å². The Morgan fingerprint density at radius 3 is 2.48 bits per heavy atom. The number of rotatable bonds is 6. The molecule has 0 saturated heterocycles. The number of nitro groups is 2. The summed E-state index contributed by atoms with van der Waals surface area (Å²) in [5.41, 5.74) is 2.39. The van der Waals surface area contributed by atoms with E-state index in [1.807, 2.05) is 0 Å². The van der Waals surface area contributed by atoms with Gasteiger partial charge in [0, 0.05) is 23.3 Å². The van der Waals surface area contributed by atoms with Gasteiger partial charge < -0.3 is 0 Å². The Morgan fingerprint density at radius 1 is 1.12 bits per heavy atom. The first kappa shape index (κ1) is 18.0. The van der Waals surface area contributed by atoms with Crippen LogP contribution in [0.2, 0.25) is 5.02 Å². The second-order valence-corrected chi connectivity index (χ2v) is 5.23. The fraction of sp³-hybridized carbons (Fsp3) is 0.0667. The van der Waals surface area contributed by atoms with E-state index < -0.39 is 15.8 Å². The van der Waals surface area contributed by atoms with E-state index >= 15 is 0 Å². The molecule has 1 amide bonds. The molecular weight excluding hydrogens is 352 g/mol. The molecule has 0 aliphatic carbocycles. The topological polar surface area (TPSA) is 128 Å². The van der Waals surface area contributed by atoms with Crippen LogP contribution in [0, 0.1) is 20.2 Å². The van der Waals surface area contributed by atoms with Crippen molar-refractivity contribution in [2.24, 2.45) is 5.10 Å². The Labute approximate surface area is 146 Å². The first-order valence-electron chi connectivity index (χ1n) is 6.86. The Kier molecular flexibility index (Phi) is 5.75. The molecule has 25 heavy (non-hydrogen) atoms.